The van der Waals surface area contributed by atoms with Crippen molar-refractivity contribution < 1.29 is 9.90 Å². The van der Waals surface area contributed by atoms with Crippen LogP contribution in [0.3, 0.4) is 0 Å². The molecule has 0 aliphatic heterocycles. The molecule has 2 aromatic carbocycles. The fourth-order valence-corrected chi connectivity index (χ4v) is 3.32. The molecule has 4 nitrogen and oxygen atoms in total. The summed E-state index contributed by atoms with van der Waals surface area (Å²) in [4.78, 5) is 16.5. The minimum Gasteiger partial charge on any atom is -0.478 e. The monoisotopic (exact) mass is 336 g/mol. The Hall–Kier alpha value is -2.92. The molecule has 0 fully saturated rings. The fraction of sp³-hybridized carbons (Fsp3) is 0.0526. The number of hydrogen-bond donors (Lipinski definition) is 1. The predicted octanol–water partition coefficient (Wildman–Crippen LogP) is 4.33. The van der Waals surface area contributed by atoms with E-state index in [4.69, 9.17) is 5.11 Å². The minimum atomic E-state index is -0.956. The second-order valence-electron chi connectivity index (χ2n) is 5.14. The van der Waals surface area contributed by atoms with Crippen molar-refractivity contribution in [3.8, 4) is 11.3 Å². The van der Waals surface area contributed by atoms with Gasteiger partial charge in [0, 0.05) is 11.9 Å². The van der Waals surface area contributed by atoms with Crippen LogP contribution in [0.25, 0.3) is 11.3 Å². The molecular formula is C19H16N2O2S. The Balaban J connectivity index is 2.11. The first-order valence-corrected chi connectivity index (χ1v) is 8.30. The lowest BCUT2D eigenvalue weighted by atomic mass is 10.2. The van der Waals surface area contributed by atoms with Gasteiger partial charge in [-0.1, -0.05) is 42.5 Å². The zero-order chi connectivity index (χ0) is 16.9. The number of carboxylic acids is 1. The van der Waals surface area contributed by atoms with E-state index in [2.05, 4.69) is 33.7 Å². The first-order chi connectivity index (χ1) is 11.7. The van der Waals surface area contributed by atoms with Gasteiger partial charge < -0.3 is 9.67 Å². The highest BCUT2D eigenvalue weighted by molar-refractivity contribution is 7.07. The van der Waals surface area contributed by atoms with Crippen molar-refractivity contribution in [1.29, 1.82) is 0 Å². The van der Waals surface area contributed by atoms with Crippen LogP contribution in [0, 0.1) is 0 Å². The summed E-state index contributed by atoms with van der Waals surface area (Å²) in [5.41, 5.74) is 3.02. The second-order valence-corrected chi connectivity index (χ2v) is 5.97. The third kappa shape index (κ3) is 3.36. The van der Waals surface area contributed by atoms with Crippen molar-refractivity contribution in [1.82, 2.24) is 4.57 Å². The van der Waals surface area contributed by atoms with Crippen molar-refractivity contribution in [2.75, 3.05) is 0 Å². The van der Waals surface area contributed by atoms with E-state index in [1.54, 1.807) is 24.3 Å². The molecule has 0 bridgehead atoms. The zero-order valence-corrected chi connectivity index (χ0v) is 13.7. The average molecular weight is 336 g/mol. The maximum absolute atomic E-state index is 11.1. The number of aromatic carboxylic acids is 1. The average Bonchev–Trinajstić information content (AvgIpc) is 2.99. The molecule has 0 aliphatic rings. The van der Waals surface area contributed by atoms with E-state index < -0.39 is 5.97 Å². The quantitative estimate of drug-likeness (QED) is 0.705. The molecule has 3 aromatic rings. The Bertz CT molecular complexity index is 939. The number of rotatable bonds is 5. The van der Waals surface area contributed by atoms with Crippen molar-refractivity contribution in [3.05, 3.63) is 83.0 Å². The lowest BCUT2D eigenvalue weighted by Crippen LogP contribution is -2.14. The summed E-state index contributed by atoms with van der Waals surface area (Å²) in [6.07, 6.45) is 1.83. The van der Waals surface area contributed by atoms with Crippen molar-refractivity contribution in [2.45, 2.75) is 6.54 Å². The maximum Gasteiger partial charge on any atom is 0.335 e. The highest BCUT2D eigenvalue weighted by Gasteiger charge is 2.07. The highest BCUT2D eigenvalue weighted by atomic mass is 32.1. The Labute approximate surface area is 143 Å². The number of nitrogens with zero attached hydrogens (tertiary/aromatic N) is 2. The highest BCUT2D eigenvalue weighted by Crippen LogP contribution is 2.21. The van der Waals surface area contributed by atoms with Crippen LogP contribution in [-0.2, 0) is 6.54 Å². The van der Waals surface area contributed by atoms with E-state index in [0.717, 1.165) is 16.1 Å². The molecule has 0 aliphatic carbocycles. The molecule has 3 rings (SSSR count). The molecule has 0 spiro atoms. The van der Waals surface area contributed by atoms with Gasteiger partial charge in [-0.2, -0.15) is 0 Å². The van der Waals surface area contributed by atoms with Gasteiger partial charge in [-0.25, -0.2) is 9.79 Å². The molecule has 1 N–H and O–H groups in total. The van der Waals surface area contributed by atoms with Crippen LogP contribution in [0.15, 0.2) is 77.6 Å². The number of aromatic nitrogens is 1. The number of carbonyl (C=O) groups is 1. The third-order valence-corrected chi connectivity index (χ3v) is 4.36. The van der Waals surface area contributed by atoms with E-state index in [0.29, 0.717) is 12.2 Å². The number of benzene rings is 2. The van der Waals surface area contributed by atoms with Crippen molar-refractivity contribution in [2.24, 2.45) is 4.99 Å². The Morgan fingerprint density at radius 3 is 2.71 bits per heavy atom. The van der Waals surface area contributed by atoms with Crippen LogP contribution in [-0.4, -0.2) is 15.6 Å². The van der Waals surface area contributed by atoms with Gasteiger partial charge in [0.25, 0.3) is 0 Å². The third-order valence-electron chi connectivity index (χ3n) is 3.50. The van der Waals surface area contributed by atoms with Crippen LogP contribution >= 0.6 is 11.3 Å². The molecule has 0 unspecified atom stereocenters. The van der Waals surface area contributed by atoms with E-state index >= 15 is 0 Å². The molecule has 1 aromatic heterocycles. The number of carboxylic acid groups (broad SMARTS) is 1. The standard InChI is InChI=1S/C19H16N2O2S/c1-2-11-21-17(14-7-4-3-5-8-14)13-24-19(21)20-16-10-6-9-15(12-16)18(22)23/h2-10,12-13H,1,11H2,(H,22,23). The van der Waals surface area contributed by atoms with Gasteiger partial charge in [0.15, 0.2) is 4.80 Å². The minimum absolute atomic E-state index is 0.228. The Morgan fingerprint density at radius 1 is 1.21 bits per heavy atom. The molecule has 5 heteroatoms. The normalized spacial score (nSPS) is 11.4. The summed E-state index contributed by atoms with van der Waals surface area (Å²) in [7, 11) is 0. The molecule has 0 amide bonds. The summed E-state index contributed by atoms with van der Waals surface area (Å²) in [6, 6.07) is 16.7. The molecule has 0 saturated heterocycles. The summed E-state index contributed by atoms with van der Waals surface area (Å²) in [6.45, 7) is 4.45. The van der Waals surface area contributed by atoms with Gasteiger partial charge in [-0.05, 0) is 23.8 Å². The molecule has 120 valence electrons. The maximum atomic E-state index is 11.1. The number of hydrogen-bond acceptors (Lipinski definition) is 3. The van der Waals surface area contributed by atoms with E-state index in [1.165, 1.54) is 11.3 Å². The summed E-state index contributed by atoms with van der Waals surface area (Å²) >= 11 is 1.52. The molecule has 1 heterocycles. The van der Waals surface area contributed by atoms with E-state index in [-0.39, 0.29) is 5.56 Å². The van der Waals surface area contributed by atoms with Crippen LogP contribution in [0.2, 0.25) is 0 Å². The van der Waals surface area contributed by atoms with Crippen molar-refractivity contribution in [3.63, 3.8) is 0 Å². The van der Waals surface area contributed by atoms with Crippen LogP contribution in [0.5, 0.6) is 0 Å². The van der Waals surface area contributed by atoms with Gasteiger partial charge in [-0.15, -0.1) is 17.9 Å². The Morgan fingerprint density at radius 2 is 2.00 bits per heavy atom. The first kappa shape index (κ1) is 16.0. The second kappa shape index (κ2) is 7.10. The summed E-state index contributed by atoms with van der Waals surface area (Å²) in [5, 5.41) is 11.2. The van der Waals surface area contributed by atoms with Crippen LogP contribution in [0.4, 0.5) is 5.69 Å². The smallest absolute Gasteiger partial charge is 0.335 e. The van der Waals surface area contributed by atoms with Gasteiger partial charge >= 0.3 is 5.97 Å². The summed E-state index contributed by atoms with van der Waals surface area (Å²) in [5.74, 6) is -0.956. The molecule has 0 atom stereocenters. The molecule has 0 saturated carbocycles. The number of thiazole rings is 1. The van der Waals surface area contributed by atoms with Crippen LogP contribution < -0.4 is 4.80 Å². The van der Waals surface area contributed by atoms with Gasteiger partial charge in [0.05, 0.1) is 16.9 Å². The van der Waals surface area contributed by atoms with Crippen molar-refractivity contribution >= 4 is 23.0 Å². The molecular weight excluding hydrogens is 320 g/mol. The predicted molar refractivity (Wildman–Crippen MR) is 96.6 cm³/mol. The lowest BCUT2D eigenvalue weighted by Gasteiger charge is -2.06. The number of allylic oxidation sites excluding steroid dienone is 1. The SMILES string of the molecule is C=CCn1c(-c2ccccc2)csc1=Nc1cccc(C(=O)O)c1. The van der Waals surface area contributed by atoms with Gasteiger partial charge in [-0.3, -0.25) is 0 Å². The lowest BCUT2D eigenvalue weighted by molar-refractivity contribution is 0.0697. The fourth-order valence-electron chi connectivity index (χ4n) is 2.38. The topological polar surface area (TPSA) is 54.6 Å². The summed E-state index contributed by atoms with van der Waals surface area (Å²) < 4.78 is 2.07. The molecule has 24 heavy (non-hydrogen) atoms. The zero-order valence-electron chi connectivity index (χ0n) is 12.9. The van der Waals surface area contributed by atoms with Gasteiger partial charge in [0.1, 0.15) is 0 Å². The van der Waals surface area contributed by atoms with Gasteiger partial charge in [0.2, 0.25) is 0 Å². The first-order valence-electron chi connectivity index (χ1n) is 7.42. The largest absolute Gasteiger partial charge is 0.478 e. The van der Waals surface area contributed by atoms with E-state index in [9.17, 15) is 4.79 Å². The van der Waals surface area contributed by atoms with E-state index in [1.807, 2.05) is 24.3 Å². The molecule has 0 radical (unpaired) electrons. The van der Waals surface area contributed by atoms with Crippen LogP contribution in [0.1, 0.15) is 10.4 Å². The Kier molecular flexibility index (Phi) is 4.72.